The Labute approximate surface area is 145 Å². The van der Waals surface area contributed by atoms with Crippen LogP contribution in [0.25, 0.3) is 0 Å². The number of hydrogen-bond acceptors (Lipinski definition) is 3. The zero-order chi connectivity index (χ0) is 15.6. The highest BCUT2D eigenvalue weighted by atomic mass is 79.9. The first-order valence-electron chi connectivity index (χ1n) is 7.47. The molecule has 1 aromatic carbocycles. The van der Waals surface area contributed by atoms with Crippen molar-refractivity contribution in [2.24, 2.45) is 5.73 Å². The molecule has 5 heteroatoms. The lowest BCUT2D eigenvalue weighted by Crippen LogP contribution is -2.54. The van der Waals surface area contributed by atoms with E-state index in [-0.39, 0.29) is 5.54 Å². The van der Waals surface area contributed by atoms with E-state index in [0.29, 0.717) is 12.6 Å². The molecule has 2 rings (SSSR count). The molecule has 1 saturated heterocycles. The van der Waals surface area contributed by atoms with E-state index in [1.807, 2.05) is 0 Å². The second-order valence-electron chi connectivity index (χ2n) is 6.62. The van der Waals surface area contributed by atoms with E-state index in [9.17, 15) is 0 Å². The highest BCUT2D eigenvalue weighted by molar-refractivity contribution is 9.13. The zero-order valence-corrected chi connectivity index (χ0v) is 16.2. The summed E-state index contributed by atoms with van der Waals surface area (Å²) in [5.74, 6) is 0. The van der Waals surface area contributed by atoms with Gasteiger partial charge in [-0.3, -0.25) is 9.80 Å². The molecular weight excluding hydrogens is 394 g/mol. The summed E-state index contributed by atoms with van der Waals surface area (Å²) >= 11 is 7.12. The Balaban J connectivity index is 2.07. The normalized spacial score (nSPS) is 19.7. The maximum atomic E-state index is 6.06. The van der Waals surface area contributed by atoms with Crippen LogP contribution in [-0.4, -0.2) is 48.1 Å². The van der Waals surface area contributed by atoms with Crippen LogP contribution >= 0.6 is 31.9 Å². The van der Waals surface area contributed by atoms with E-state index in [1.165, 1.54) is 5.56 Å². The Morgan fingerprint density at radius 3 is 2.19 bits per heavy atom. The van der Waals surface area contributed by atoms with Gasteiger partial charge in [-0.1, -0.05) is 6.07 Å². The molecule has 2 N–H and O–H groups in total. The monoisotopic (exact) mass is 417 g/mol. The lowest BCUT2D eigenvalue weighted by molar-refractivity contribution is 0.0433. The number of halogens is 2. The molecule has 1 aliphatic rings. The van der Waals surface area contributed by atoms with Crippen molar-refractivity contribution in [2.75, 3.05) is 32.7 Å². The molecule has 1 unspecified atom stereocenters. The van der Waals surface area contributed by atoms with E-state index < -0.39 is 0 Å². The van der Waals surface area contributed by atoms with Crippen LogP contribution < -0.4 is 5.73 Å². The number of benzene rings is 1. The number of nitrogens with zero attached hydrogens (tertiary/aromatic N) is 2. The molecule has 0 amide bonds. The minimum absolute atomic E-state index is 0.255. The maximum absolute atomic E-state index is 6.06. The smallest absolute Gasteiger partial charge is 0.0471 e. The maximum Gasteiger partial charge on any atom is 0.0471 e. The summed E-state index contributed by atoms with van der Waals surface area (Å²) in [5.41, 5.74) is 7.61. The van der Waals surface area contributed by atoms with Crippen molar-refractivity contribution >= 4 is 31.9 Å². The number of piperazine rings is 1. The van der Waals surface area contributed by atoms with Crippen LogP contribution in [0.3, 0.4) is 0 Å². The lowest BCUT2D eigenvalue weighted by atomic mass is 10.0. The molecule has 1 heterocycles. The summed E-state index contributed by atoms with van der Waals surface area (Å²) in [6.07, 6.45) is 0. The van der Waals surface area contributed by atoms with E-state index in [4.69, 9.17) is 5.73 Å². The number of hydrogen-bond donors (Lipinski definition) is 1. The van der Waals surface area contributed by atoms with Crippen LogP contribution in [0.1, 0.15) is 32.4 Å². The highest BCUT2D eigenvalue weighted by Crippen LogP contribution is 2.29. The molecule has 1 fully saturated rings. The molecule has 3 nitrogen and oxygen atoms in total. The fourth-order valence-corrected chi connectivity index (χ4v) is 3.56. The van der Waals surface area contributed by atoms with Gasteiger partial charge in [0.1, 0.15) is 0 Å². The molecule has 0 radical (unpaired) electrons. The number of rotatable bonds is 3. The third-order valence-corrected chi connectivity index (χ3v) is 6.14. The molecule has 0 bridgehead atoms. The van der Waals surface area contributed by atoms with Crippen molar-refractivity contribution in [3.05, 3.63) is 32.7 Å². The van der Waals surface area contributed by atoms with Crippen molar-refractivity contribution in [1.82, 2.24) is 9.80 Å². The Morgan fingerprint density at radius 2 is 1.71 bits per heavy atom. The average molecular weight is 419 g/mol. The highest BCUT2D eigenvalue weighted by Gasteiger charge is 2.29. The third kappa shape index (κ3) is 4.29. The molecule has 1 aliphatic heterocycles. The molecule has 1 aromatic rings. The van der Waals surface area contributed by atoms with E-state index in [2.05, 4.69) is 80.6 Å². The summed E-state index contributed by atoms with van der Waals surface area (Å²) in [4.78, 5) is 5.06. The fraction of sp³-hybridized carbons (Fsp3) is 0.625. The van der Waals surface area contributed by atoms with Gasteiger partial charge in [0.05, 0.1) is 0 Å². The van der Waals surface area contributed by atoms with E-state index in [0.717, 1.165) is 35.1 Å². The van der Waals surface area contributed by atoms with Gasteiger partial charge < -0.3 is 5.73 Å². The van der Waals surface area contributed by atoms with Gasteiger partial charge in [0.25, 0.3) is 0 Å². The van der Waals surface area contributed by atoms with Crippen LogP contribution in [0.2, 0.25) is 0 Å². The fourth-order valence-electron chi connectivity index (χ4n) is 2.92. The molecule has 118 valence electrons. The zero-order valence-electron chi connectivity index (χ0n) is 13.1. The standard InChI is InChI=1S/C16H25Br2N3/c1-16(2,3)21-8-6-20(7-9-21)15(11-19)12-4-5-13(17)14(18)10-12/h4-5,10,15H,6-9,11,19H2,1-3H3. The predicted molar refractivity (Wildman–Crippen MR) is 96.5 cm³/mol. The van der Waals surface area contributed by atoms with Crippen LogP contribution in [0, 0.1) is 0 Å². The van der Waals surface area contributed by atoms with Crippen LogP contribution in [0.5, 0.6) is 0 Å². The minimum Gasteiger partial charge on any atom is -0.329 e. The first-order chi connectivity index (χ1) is 9.82. The molecule has 0 spiro atoms. The van der Waals surface area contributed by atoms with Crippen molar-refractivity contribution < 1.29 is 0 Å². The SMILES string of the molecule is CC(C)(C)N1CCN(C(CN)c2ccc(Br)c(Br)c2)CC1. The second kappa shape index (κ2) is 7.09. The summed E-state index contributed by atoms with van der Waals surface area (Å²) in [6.45, 7) is 11.9. The summed E-state index contributed by atoms with van der Waals surface area (Å²) < 4.78 is 2.17. The van der Waals surface area contributed by atoms with Crippen LogP contribution in [0.4, 0.5) is 0 Å². The van der Waals surface area contributed by atoms with E-state index >= 15 is 0 Å². The first kappa shape index (κ1) is 17.4. The van der Waals surface area contributed by atoms with Crippen molar-refractivity contribution in [3.8, 4) is 0 Å². The third-order valence-electron chi connectivity index (χ3n) is 4.26. The summed E-state index contributed by atoms with van der Waals surface area (Å²) in [5, 5.41) is 0. The van der Waals surface area contributed by atoms with Crippen molar-refractivity contribution in [1.29, 1.82) is 0 Å². The Morgan fingerprint density at radius 1 is 1.10 bits per heavy atom. The molecule has 0 aromatic heterocycles. The molecule has 0 saturated carbocycles. The van der Waals surface area contributed by atoms with Gasteiger partial charge in [0, 0.05) is 53.2 Å². The summed E-state index contributed by atoms with van der Waals surface area (Å²) in [7, 11) is 0. The minimum atomic E-state index is 0.255. The molecule has 1 atom stereocenters. The van der Waals surface area contributed by atoms with Crippen molar-refractivity contribution in [2.45, 2.75) is 32.4 Å². The largest absolute Gasteiger partial charge is 0.329 e. The average Bonchev–Trinajstić information content (AvgIpc) is 2.43. The van der Waals surface area contributed by atoms with Crippen LogP contribution in [0.15, 0.2) is 27.1 Å². The van der Waals surface area contributed by atoms with Gasteiger partial charge in [0.2, 0.25) is 0 Å². The molecular formula is C16H25Br2N3. The van der Waals surface area contributed by atoms with Gasteiger partial charge in [0.15, 0.2) is 0 Å². The molecule has 21 heavy (non-hydrogen) atoms. The van der Waals surface area contributed by atoms with Gasteiger partial charge in [-0.05, 0) is 70.3 Å². The van der Waals surface area contributed by atoms with Gasteiger partial charge in [-0.25, -0.2) is 0 Å². The van der Waals surface area contributed by atoms with Crippen LogP contribution in [-0.2, 0) is 0 Å². The topological polar surface area (TPSA) is 32.5 Å². The Hall–Kier alpha value is 0.0600. The quantitative estimate of drug-likeness (QED) is 0.813. The Bertz CT molecular complexity index is 477. The van der Waals surface area contributed by atoms with Crippen molar-refractivity contribution in [3.63, 3.8) is 0 Å². The summed E-state index contributed by atoms with van der Waals surface area (Å²) in [6, 6.07) is 6.74. The lowest BCUT2D eigenvalue weighted by Gasteiger charge is -2.44. The van der Waals surface area contributed by atoms with Gasteiger partial charge in [-0.2, -0.15) is 0 Å². The van der Waals surface area contributed by atoms with E-state index in [1.54, 1.807) is 0 Å². The number of nitrogens with two attached hydrogens (primary N) is 1. The Kier molecular flexibility index (Phi) is 5.88. The first-order valence-corrected chi connectivity index (χ1v) is 9.05. The van der Waals surface area contributed by atoms with Gasteiger partial charge >= 0.3 is 0 Å². The molecule has 0 aliphatic carbocycles. The predicted octanol–water partition coefficient (Wildman–Crippen LogP) is 3.63. The van der Waals surface area contributed by atoms with Gasteiger partial charge in [-0.15, -0.1) is 0 Å². The second-order valence-corrected chi connectivity index (χ2v) is 8.33.